The molecule has 3 heterocycles. The van der Waals surface area contributed by atoms with Gasteiger partial charge in [-0.05, 0) is 17.7 Å². The first-order chi connectivity index (χ1) is 14.4. The quantitative estimate of drug-likeness (QED) is 0.519. The molecular formula is C19H17N3O6S2. The van der Waals surface area contributed by atoms with Gasteiger partial charge in [0.05, 0.1) is 28.5 Å². The van der Waals surface area contributed by atoms with Gasteiger partial charge in [0, 0.05) is 29.6 Å². The number of nitro groups is 1. The van der Waals surface area contributed by atoms with Crippen molar-refractivity contribution in [2.24, 2.45) is 4.99 Å². The summed E-state index contributed by atoms with van der Waals surface area (Å²) in [5.74, 6) is 1.93. The van der Waals surface area contributed by atoms with Gasteiger partial charge in [-0.25, -0.2) is 8.42 Å². The number of aliphatic imine (C=N–C) groups is 1. The Hall–Kier alpha value is -2.79. The minimum Gasteiger partial charge on any atom is -0.454 e. The van der Waals surface area contributed by atoms with Gasteiger partial charge in [0.1, 0.15) is 0 Å². The number of nitrogens with zero attached hydrogens (tertiary/aromatic N) is 3. The molecule has 0 aliphatic carbocycles. The maximum Gasteiger partial charge on any atom is 0.269 e. The molecule has 0 aromatic heterocycles. The molecular weight excluding hydrogens is 430 g/mol. The van der Waals surface area contributed by atoms with Gasteiger partial charge in [0.25, 0.3) is 5.69 Å². The molecule has 0 N–H and O–H groups in total. The standard InChI is InChI=1S/C19H17N3O6S2/c23-22(24)13-3-1-12(2-4-13)8-29-19-20-15-9-30(25,26)10-16(15)21(19)14-5-6-17-18(7-14)28-11-27-17/h1-7,15-16H,8-11H2. The first-order valence-corrected chi connectivity index (χ1v) is 12.0. The van der Waals surface area contributed by atoms with Crippen molar-refractivity contribution in [3.63, 3.8) is 0 Å². The normalized spacial score (nSPS) is 23.3. The first kappa shape index (κ1) is 19.2. The van der Waals surface area contributed by atoms with Crippen LogP contribution in [0.4, 0.5) is 11.4 Å². The molecule has 3 aliphatic heterocycles. The van der Waals surface area contributed by atoms with Crippen molar-refractivity contribution in [2.75, 3.05) is 23.2 Å². The molecule has 0 amide bonds. The summed E-state index contributed by atoms with van der Waals surface area (Å²) in [6.07, 6.45) is 0. The molecule has 5 rings (SSSR count). The second-order valence-electron chi connectivity index (χ2n) is 7.24. The summed E-state index contributed by atoms with van der Waals surface area (Å²) in [5.41, 5.74) is 1.77. The van der Waals surface area contributed by atoms with Gasteiger partial charge in [0.15, 0.2) is 26.5 Å². The monoisotopic (exact) mass is 447 g/mol. The highest BCUT2D eigenvalue weighted by Gasteiger charge is 2.47. The molecule has 9 nitrogen and oxygen atoms in total. The molecule has 2 aromatic carbocycles. The summed E-state index contributed by atoms with van der Waals surface area (Å²) in [5, 5.41) is 11.6. The van der Waals surface area contributed by atoms with Crippen LogP contribution in [0.3, 0.4) is 0 Å². The Kier molecular flexibility index (Phi) is 4.58. The predicted octanol–water partition coefficient (Wildman–Crippen LogP) is 2.60. The summed E-state index contributed by atoms with van der Waals surface area (Å²) in [6, 6.07) is 11.4. The third kappa shape index (κ3) is 3.47. The number of sulfone groups is 1. The van der Waals surface area contributed by atoms with Crippen LogP contribution in [0.2, 0.25) is 0 Å². The Labute approximate surface area is 176 Å². The third-order valence-corrected chi connectivity index (χ3v) is 7.99. The van der Waals surface area contributed by atoms with E-state index < -0.39 is 14.8 Å². The largest absolute Gasteiger partial charge is 0.454 e. The Morgan fingerprint density at radius 3 is 2.67 bits per heavy atom. The van der Waals surface area contributed by atoms with Crippen LogP contribution in [0.25, 0.3) is 0 Å². The fourth-order valence-corrected chi connectivity index (χ4v) is 6.75. The number of amidine groups is 1. The zero-order valence-corrected chi connectivity index (χ0v) is 17.3. The number of benzene rings is 2. The molecule has 3 aliphatic rings. The van der Waals surface area contributed by atoms with Gasteiger partial charge in [0.2, 0.25) is 6.79 Å². The summed E-state index contributed by atoms with van der Waals surface area (Å²) < 4.78 is 35.2. The third-order valence-electron chi connectivity index (χ3n) is 5.26. The molecule has 1 saturated heterocycles. The number of fused-ring (bicyclic) bond motifs is 2. The van der Waals surface area contributed by atoms with Crippen molar-refractivity contribution in [3.8, 4) is 11.5 Å². The fourth-order valence-electron chi connectivity index (χ4n) is 3.83. The van der Waals surface area contributed by atoms with E-state index in [1.54, 1.807) is 12.1 Å². The zero-order valence-electron chi connectivity index (χ0n) is 15.6. The second kappa shape index (κ2) is 7.17. The molecule has 2 unspecified atom stereocenters. The lowest BCUT2D eigenvalue weighted by molar-refractivity contribution is -0.384. The summed E-state index contributed by atoms with van der Waals surface area (Å²) in [7, 11) is -3.14. The average molecular weight is 447 g/mol. The van der Waals surface area contributed by atoms with E-state index in [1.165, 1.54) is 23.9 Å². The zero-order chi connectivity index (χ0) is 20.9. The van der Waals surface area contributed by atoms with E-state index in [9.17, 15) is 18.5 Å². The van der Waals surface area contributed by atoms with Gasteiger partial charge >= 0.3 is 0 Å². The fraction of sp³-hybridized carbons (Fsp3) is 0.316. The second-order valence-corrected chi connectivity index (χ2v) is 10.3. The van der Waals surface area contributed by atoms with Crippen LogP contribution in [0, 0.1) is 10.1 Å². The number of ether oxygens (including phenoxy) is 2. The van der Waals surface area contributed by atoms with Crippen LogP contribution < -0.4 is 14.4 Å². The molecule has 0 bridgehead atoms. The van der Waals surface area contributed by atoms with Gasteiger partial charge in [-0.15, -0.1) is 0 Å². The average Bonchev–Trinajstić information content (AvgIpc) is 3.37. The molecule has 2 aromatic rings. The highest BCUT2D eigenvalue weighted by atomic mass is 32.2. The molecule has 1 fully saturated rings. The molecule has 11 heteroatoms. The number of hydrogen-bond donors (Lipinski definition) is 0. The van der Waals surface area contributed by atoms with E-state index in [1.807, 2.05) is 23.1 Å². The van der Waals surface area contributed by atoms with Crippen LogP contribution in [0.15, 0.2) is 47.5 Å². The molecule has 0 spiro atoms. The van der Waals surface area contributed by atoms with Crippen molar-refractivity contribution < 1.29 is 22.8 Å². The van der Waals surface area contributed by atoms with Crippen molar-refractivity contribution in [1.82, 2.24) is 0 Å². The van der Waals surface area contributed by atoms with Gasteiger partial charge in [-0.3, -0.25) is 15.1 Å². The minimum atomic E-state index is -3.14. The highest BCUT2D eigenvalue weighted by molar-refractivity contribution is 8.13. The van der Waals surface area contributed by atoms with Crippen molar-refractivity contribution in [2.45, 2.75) is 17.8 Å². The number of non-ortho nitro benzene ring substituents is 1. The van der Waals surface area contributed by atoms with E-state index in [-0.39, 0.29) is 36.1 Å². The van der Waals surface area contributed by atoms with Crippen LogP contribution in [0.5, 0.6) is 11.5 Å². The molecule has 0 radical (unpaired) electrons. The topological polar surface area (TPSA) is 111 Å². The van der Waals surface area contributed by atoms with E-state index in [4.69, 9.17) is 14.5 Å². The lowest BCUT2D eigenvalue weighted by Gasteiger charge is -2.26. The van der Waals surface area contributed by atoms with E-state index in [2.05, 4.69) is 0 Å². The van der Waals surface area contributed by atoms with Crippen molar-refractivity contribution in [1.29, 1.82) is 0 Å². The molecule has 30 heavy (non-hydrogen) atoms. The molecule has 156 valence electrons. The Bertz CT molecular complexity index is 1150. The number of thioether (sulfide) groups is 1. The Morgan fingerprint density at radius 1 is 1.13 bits per heavy atom. The van der Waals surface area contributed by atoms with Gasteiger partial charge in [-0.2, -0.15) is 0 Å². The first-order valence-electron chi connectivity index (χ1n) is 9.23. The predicted molar refractivity (Wildman–Crippen MR) is 113 cm³/mol. The van der Waals surface area contributed by atoms with Crippen LogP contribution in [0.1, 0.15) is 5.56 Å². The Morgan fingerprint density at radius 2 is 1.90 bits per heavy atom. The lowest BCUT2D eigenvalue weighted by Crippen LogP contribution is -2.39. The van der Waals surface area contributed by atoms with Gasteiger partial charge in [-0.1, -0.05) is 23.9 Å². The van der Waals surface area contributed by atoms with Crippen LogP contribution >= 0.6 is 11.8 Å². The van der Waals surface area contributed by atoms with E-state index in [0.717, 1.165) is 16.4 Å². The number of nitro benzene ring substituents is 1. The smallest absolute Gasteiger partial charge is 0.269 e. The lowest BCUT2D eigenvalue weighted by atomic mass is 10.1. The minimum absolute atomic E-state index is 0.0420. The molecule has 2 atom stereocenters. The maximum absolute atomic E-state index is 12.2. The summed E-state index contributed by atoms with van der Waals surface area (Å²) in [6.45, 7) is 0.162. The van der Waals surface area contributed by atoms with E-state index in [0.29, 0.717) is 17.3 Å². The van der Waals surface area contributed by atoms with Gasteiger partial charge < -0.3 is 14.4 Å². The number of anilines is 1. The van der Waals surface area contributed by atoms with Crippen molar-refractivity contribution >= 4 is 38.1 Å². The Balaban J connectivity index is 1.41. The summed E-state index contributed by atoms with van der Waals surface area (Å²) >= 11 is 1.48. The van der Waals surface area contributed by atoms with E-state index >= 15 is 0 Å². The SMILES string of the molecule is O=[N+]([O-])c1ccc(CSC2=NC3CS(=O)(=O)CC3N2c2ccc3c(c2)OCO3)cc1. The highest BCUT2D eigenvalue weighted by Crippen LogP contribution is 2.41. The van der Waals surface area contributed by atoms with Crippen LogP contribution in [-0.4, -0.2) is 48.9 Å². The molecule has 0 saturated carbocycles. The summed E-state index contributed by atoms with van der Waals surface area (Å²) in [4.78, 5) is 17.1. The maximum atomic E-state index is 12.2. The van der Waals surface area contributed by atoms with Crippen molar-refractivity contribution in [3.05, 3.63) is 58.1 Å². The van der Waals surface area contributed by atoms with Crippen LogP contribution in [-0.2, 0) is 15.6 Å². The number of rotatable bonds is 4. The number of hydrogen-bond acceptors (Lipinski definition) is 9.